The van der Waals surface area contributed by atoms with Crippen LogP contribution in [0.4, 0.5) is 31.8 Å². The number of nitriles is 1. The van der Waals surface area contributed by atoms with E-state index in [0.717, 1.165) is 54.4 Å². The number of nitrogens with one attached hydrogen (secondary N) is 3. The summed E-state index contributed by atoms with van der Waals surface area (Å²) < 4.78 is 30.5. The van der Waals surface area contributed by atoms with Gasteiger partial charge in [-0.05, 0) is 61.8 Å². The van der Waals surface area contributed by atoms with Crippen molar-refractivity contribution in [1.82, 2.24) is 15.3 Å². The van der Waals surface area contributed by atoms with Crippen molar-refractivity contribution in [3.05, 3.63) is 65.5 Å². The van der Waals surface area contributed by atoms with Gasteiger partial charge in [0.05, 0.1) is 40.3 Å². The first-order valence-corrected chi connectivity index (χ1v) is 10.6. The number of likely N-dealkylation sites (N-methyl/N-ethyl adjacent to an activating group) is 2. The molecule has 166 valence electrons. The van der Waals surface area contributed by atoms with Gasteiger partial charge in [-0.1, -0.05) is 0 Å². The molecular formula is C22H23F2N7S. The Morgan fingerprint density at radius 2 is 1.88 bits per heavy atom. The van der Waals surface area contributed by atoms with Crippen molar-refractivity contribution in [2.45, 2.75) is 11.8 Å². The first-order valence-electron chi connectivity index (χ1n) is 9.78. The molecule has 7 nitrogen and oxygen atoms in total. The Morgan fingerprint density at radius 3 is 2.56 bits per heavy atom. The molecule has 1 heterocycles. The van der Waals surface area contributed by atoms with Gasteiger partial charge in [-0.2, -0.15) is 5.26 Å². The van der Waals surface area contributed by atoms with Crippen LogP contribution in [0.15, 0.2) is 47.6 Å². The molecule has 0 radical (unpaired) electrons. The fraction of sp³-hybridized carbons (Fsp3) is 0.227. The van der Waals surface area contributed by atoms with Crippen LogP contribution >= 0.6 is 11.9 Å². The first-order chi connectivity index (χ1) is 15.4. The van der Waals surface area contributed by atoms with Gasteiger partial charge in [-0.25, -0.2) is 18.7 Å². The van der Waals surface area contributed by atoms with Crippen LogP contribution in [0.3, 0.4) is 0 Å². The second-order valence-electron chi connectivity index (χ2n) is 7.02. The first kappa shape index (κ1) is 23.2. The molecule has 0 saturated heterocycles. The minimum absolute atomic E-state index is 0.183. The summed E-state index contributed by atoms with van der Waals surface area (Å²) in [6, 6.07) is 10.6. The predicted octanol–water partition coefficient (Wildman–Crippen LogP) is 4.45. The van der Waals surface area contributed by atoms with Crippen molar-refractivity contribution in [3.8, 4) is 6.07 Å². The summed E-state index contributed by atoms with van der Waals surface area (Å²) in [7, 11) is 3.82. The van der Waals surface area contributed by atoms with Gasteiger partial charge in [0.2, 0.25) is 5.95 Å². The Bertz CT molecular complexity index is 1120. The van der Waals surface area contributed by atoms with E-state index in [1.54, 1.807) is 18.2 Å². The van der Waals surface area contributed by atoms with Crippen LogP contribution in [-0.2, 0) is 0 Å². The maximum Gasteiger partial charge on any atom is 0.233 e. The molecule has 1 aromatic heterocycles. The summed E-state index contributed by atoms with van der Waals surface area (Å²) in [5.41, 5.74) is 3.59. The molecule has 0 aliphatic rings. The van der Waals surface area contributed by atoms with Crippen molar-refractivity contribution < 1.29 is 8.78 Å². The topological polar surface area (TPSA) is 88.9 Å². The van der Waals surface area contributed by atoms with Crippen LogP contribution in [0.25, 0.3) is 0 Å². The number of anilines is 4. The maximum atomic E-state index is 14.8. The number of rotatable bonds is 9. The van der Waals surface area contributed by atoms with Crippen molar-refractivity contribution >= 4 is 35.0 Å². The van der Waals surface area contributed by atoms with Crippen LogP contribution in [-0.4, -0.2) is 37.2 Å². The number of nitrogens with zero attached hydrogens (tertiary/aromatic N) is 4. The third-order valence-electron chi connectivity index (χ3n) is 4.66. The molecule has 0 atom stereocenters. The lowest BCUT2D eigenvalue weighted by atomic mass is 10.1. The smallest absolute Gasteiger partial charge is 0.233 e. The molecule has 3 aromatic rings. The lowest BCUT2D eigenvalue weighted by Gasteiger charge is -2.24. The Balaban J connectivity index is 1.81. The Morgan fingerprint density at radius 1 is 1.12 bits per heavy atom. The van der Waals surface area contributed by atoms with Crippen molar-refractivity contribution in [1.29, 1.82) is 5.26 Å². The molecule has 0 fully saturated rings. The molecule has 0 spiro atoms. The minimum Gasteiger partial charge on any atom is -0.372 e. The van der Waals surface area contributed by atoms with E-state index in [9.17, 15) is 14.0 Å². The summed E-state index contributed by atoms with van der Waals surface area (Å²) in [4.78, 5) is 9.97. The predicted molar refractivity (Wildman–Crippen MR) is 124 cm³/mol. The van der Waals surface area contributed by atoms with Gasteiger partial charge in [0.25, 0.3) is 0 Å². The second-order valence-corrected chi connectivity index (χ2v) is 7.87. The monoisotopic (exact) mass is 455 g/mol. The van der Waals surface area contributed by atoms with Gasteiger partial charge >= 0.3 is 0 Å². The van der Waals surface area contributed by atoms with E-state index in [4.69, 9.17) is 0 Å². The number of benzene rings is 2. The molecule has 10 heteroatoms. The van der Waals surface area contributed by atoms with Crippen molar-refractivity contribution in [2.24, 2.45) is 0 Å². The molecule has 0 amide bonds. The van der Waals surface area contributed by atoms with E-state index in [2.05, 4.69) is 31.4 Å². The molecule has 0 saturated carbocycles. The molecule has 0 aliphatic carbocycles. The van der Waals surface area contributed by atoms with Crippen LogP contribution in [0, 0.1) is 29.9 Å². The van der Waals surface area contributed by atoms with E-state index >= 15 is 0 Å². The van der Waals surface area contributed by atoms with Gasteiger partial charge < -0.3 is 15.5 Å². The lowest BCUT2D eigenvalue weighted by molar-refractivity contribution is 0.602. The number of hydrogen-bond donors (Lipinski definition) is 3. The highest BCUT2D eigenvalue weighted by atomic mass is 32.2. The van der Waals surface area contributed by atoms with Crippen LogP contribution in [0.2, 0.25) is 0 Å². The van der Waals surface area contributed by atoms with Crippen molar-refractivity contribution in [2.75, 3.05) is 42.1 Å². The zero-order valence-electron chi connectivity index (χ0n) is 17.9. The van der Waals surface area contributed by atoms with Gasteiger partial charge in [0.1, 0.15) is 5.82 Å². The fourth-order valence-corrected chi connectivity index (χ4v) is 3.60. The molecular weight excluding hydrogens is 432 g/mol. The summed E-state index contributed by atoms with van der Waals surface area (Å²) in [6.45, 7) is 3.38. The quantitative estimate of drug-likeness (QED) is 0.408. The average Bonchev–Trinajstić information content (AvgIpc) is 2.80. The molecule has 0 bridgehead atoms. The summed E-state index contributed by atoms with van der Waals surface area (Å²) in [5.74, 6) is -0.796. The Hall–Kier alpha value is -3.42. The lowest BCUT2D eigenvalue weighted by Crippen LogP contribution is -2.27. The summed E-state index contributed by atoms with van der Waals surface area (Å²) >= 11 is 1.01. The van der Waals surface area contributed by atoms with E-state index < -0.39 is 11.6 Å². The average molecular weight is 456 g/mol. The number of aryl methyl sites for hydroxylation is 1. The zero-order valence-corrected chi connectivity index (χ0v) is 18.7. The van der Waals surface area contributed by atoms with E-state index in [1.807, 2.05) is 32.0 Å². The maximum absolute atomic E-state index is 14.8. The largest absolute Gasteiger partial charge is 0.372 e. The fourth-order valence-electron chi connectivity index (χ4n) is 2.90. The molecule has 32 heavy (non-hydrogen) atoms. The van der Waals surface area contributed by atoms with E-state index in [0.29, 0.717) is 16.1 Å². The van der Waals surface area contributed by atoms with Gasteiger partial charge in [0, 0.05) is 25.8 Å². The van der Waals surface area contributed by atoms with Crippen LogP contribution < -0.4 is 20.3 Å². The third-order valence-corrected chi connectivity index (χ3v) is 5.47. The summed E-state index contributed by atoms with van der Waals surface area (Å²) in [5, 5.41) is 15.7. The molecule has 0 unspecified atom stereocenters. The highest BCUT2D eigenvalue weighted by Crippen LogP contribution is 2.33. The van der Waals surface area contributed by atoms with Crippen LogP contribution in [0.5, 0.6) is 0 Å². The Labute approximate surface area is 190 Å². The molecule has 0 aliphatic heterocycles. The third kappa shape index (κ3) is 5.84. The minimum atomic E-state index is -0.545. The molecule has 3 N–H and O–H groups in total. The van der Waals surface area contributed by atoms with Gasteiger partial charge in [0.15, 0.2) is 5.82 Å². The van der Waals surface area contributed by atoms with E-state index in [1.165, 1.54) is 6.07 Å². The van der Waals surface area contributed by atoms with Crippen LogP contribution in [0.1, 0.15) is 11.1 Å². The highest BCUT2D eigenvalue weighted by molar-refractivity contribution is 8.00. The van der Waals surface area contributed by atoms with Gasteiger partial charge in [-0.15, -0.1) is 0 Å². The Kier molecular flexibility index (Phi) is 7.81. The highest BCUT2D eigenvalue weighted by Gasteiger charge is 2.13. The van der Waals surface area contributed by atoms with Gasteiger partial charge in [-0.3, -0.25) is 4.72 Å². The molecule has 3 rings (SSSR count). The SMILES string of the molecule is CNCCN(C)c1cc(C#N)ccc1Nc1cc(F)c(SNc2ncc(F)cn2)cc1C. The number of halogens is 2. The summed E-state index contributed by atoms with van der Waals surface area (Å²) in [6.07, 6.45) is 2.07. The van der Waals surface area contributed by atoms with Crippen molar-refractivity contribution in [3.63, 3.8) is 0 Å². The standard InChI is InChI=1S/C22H23F2N7S/c1-14-8-21(32-30-22-27-12-16(23)13-28-22)17(24)10-19(14)29-18-5-4-15(11-25)9-20(18)31(3)7-6-26-2/h4-5,8-10,12-13,26,29H,6-7H2,1-3H3,(H,27,28,30). The zero-order chi connectivity index (χ0) is 23.1. The normalized spacial score (nSPS) is 10.5. The number of aromatic nitrogens is 2. The second kappa shape index (κ2) is 10.7. The number of hydrogen-bond acceptors (Lipinski definition) is 8. The van der Waals surface area contributed by atoms with E-state index in [-0.39, 0.29) is 5.95 Å². The molecule has 2 aromatic carbocycles.